The van der Waals surface area contributed by atoms with Gasteiger partial charge in [0, 0.05) is 6.54 Å². The second-order valence-electron chi connectivity index (χ2n) is 4.13. The third-order valence-electron chi connectivity index (χ3n) is 2.58. The average Bonchev–Trinajstić information content (AvgIpc) is 2.37. The largest absolute Gasteiger partial charge is 0.490 e. The molecule has 0 aliphatic carbocycles. The first-order chi connectivity index (χ1) is 8.36. The minimum absolute atomic E-state index is 0. The average molecular weight is 270 g/mol. The van der Waals surface area contributed by atoms with Crippen molar-refractivity contribution in [2.75, 3.05) is 13.2 Å². The Bertz CT molecular complexity index is 311. The highest BCUT2D eigenvalue weighted by atomic mass is 35.5. The number of hydrogen-bond donors (Lipinski definition) is 1. The molecule has 0 aliphatic rings. The Labute approximate surface area is 117 Å². The molecule has 0 unspecified atom stereocenters. The van der Waals surface area contributed by atoms with Crippen LogP contribution in [0.3, 0.4) is 0 Å². The number of hydrogen-bond acceptors (Lipinski definition) is 2. The quantitative estimate of drug-likeness (QED) is 0.541. The molecule has 0 fully saturated rings. The lowest BCUT2D eigenvalue weighted by Gasteiger charge is -2.06. The van der Waals surface area contributed by atoms with Crippen molar-refractivity contribution in [3.8, 4) is 5.75 Å². The SMILES string of the molecule is C=CCOc1ccc(CNCCCCC)cc1.Cl. The van der Waals surface area contributed by atoms with Crippen molar-refractivity contribution in [2.24, 2.45) is 0 Å². The molecule has 0 heterocycles. The topological polar surface area (TPSA) is 21.3 Å². The highest BCUT2D eigenvalue weighted by molar-refractivity contribution is 5.85. The smallest absolute Gasteiger partial charge is 0.119 e. The molecule has 0 amide bonds. The maximum atomic E-state index is 5.43. The van der Waals surface area contributed by atoms with Crippen molar-refractivity contribution >= 4 is 12.4 Å². The second-order valence-corrected chi connectivity index (χ2v) is 4.13. The lowest BCUT2D eigenvalue weighted by atomic mass is 10.2. The van der Waals surface area contributed by atoms with E-state index in [1.807, 2.05) is 12.1 Å². The Morgan fingerprint density at radius 1 is 1.22 bits per heavy atom. The molecule has 0 bridgehead atoms. The van der Waals surface area contributed by atoms with Crippen LogP contribution in [0.5, 0.6) is 5.75 Å². The molecular formula is C15H24ClNO. The van der Waals surface area contributed by atoms with Crippen LogP contribution in [0.25, 0.3) is 0 Å². The number of halogens is 1. The van der Waals surface area contributed by atoms with Gasteiger partial charge in [0.2, 0.25) is 0 Å². The Kier molecular flexibility index (Phi) is 10.5. The molecule has 1 N–H and O–H groups in total. The Hall–Kier alpha value is -0.990. The summed E-state index contributed by atoms with van der Waals surface area (Å²) in [6, 6.07) is 8.22. The molecule has 0 aliphatic heterocycles. The van der Waals surface area contributed by atoms with Gasteiger partial charge in [-0.2, -0.15) is 0 Å². The molecule has 0 saturated carbocycles. The van der Waals surface area contributed by atoms with E-state index in [2.05, 4.69) is 31.0 Å². The van der Waals surface area contributed by atoms with Crippen LogP contribution in [-0.4, -0.2) is 13.2 Å². The number of rotatable bonds is 9. The van der Waals surface area contributed by atoms with Gasteiger partial charge < -0.3 is 10.1 Å². The zero-order valence-electron chi connectivity index (χ0n) is 11.2. The van der Waals surface area contributed by atoms with Gasteiger partial charge in [0.1, 0.15) is 12.4 Å². The molecule has 18 heavy (non-hydrogen) atoms. The summed E-state index contributed by atoms with van der Waals surface area (Å²) in [5, 5.41) is 3.44. The summed E-state index contributed by atoms with van der Waals surface area (Å²) in [7, 11) is 0. The van der Waals surface area contributed by atoms with Gasteiger partial charge in [0.05, 0.1) is 0 Å². The lowest BCUT2D eigenvalue weighted by molar-refractivity contribution is 0.363. The van der Waals surface area contributed by atoms with E-state index in [-0.39, 0.29) is 12.4 Å². The standard InChI is InChI=1S/C15H23NO.ClH/c1-3-5-6-11-16-13-14-7-9-15(10-8-14)17-12-4-2;/h4,7-10,16H,2-3,5-6,11-13H2,1H3;1H. The van der Waals surface area contributed by atoms with E-state index in [4.69, 9.17) is 4.74 Å². The van der Waals surface area contributed by atoms with Crippen LogP contribution in [0, 0.1) is 0 Å². The van der Waals surface area contributed by atoms with E-state index in [0.29, 0.717) is 6.61 Å². The van der Waals surface area contributed by atoms with Gasteiger partial charge >= 0.3 is 0 Å². The summed E-state index contributed by atoms with van der Waals surface area (Å²) in [6.07, 6.45) is 5.60. The fourth-order valence-electron chi connectivity index (χ4n) is 1.59. The van der Waals surface area contributed by atoms with E-state index in [0.717, 1.165) is 18.8 Å². The van der Waals surface area contributed by atoms with E-state index in [1.165, 1.54) is 24.8 Å². The number of ether oxygens (including phenoxy) is 1. The van der Waals surface area contributed by atoms with Gasteiger partial charge in [-0.1, -0.05) is 44.6 Å². The summed E-state index contributed by atoms with van der Waals surface area (Å²) in [5.74, 6) is 0.902. The number of benzene rings is 1. The van der Waals surface area contributed by atoms with Crippen LogP contribution in [0.4, 0.5) is 0 Å². The summed E-state index contributed by atoms with van der Waals surface area (Å²) in [6.45, 7) is 8.45. The molecule has 2 nitrogen and oxygen atoms in total. The first-order valence-corrected chi connectivity index (χ1v) is 6.40. The third kappa shape index (κ3) is 7.36. The number of unbranched alkanes of at least 4 members (excludes halogenated alkanes) is 2. The molecule has 0 saturated heterocycles. The Morgan fingerprint density at radius 3 is 2.56 bits per heavy atom. The highest BCUT2D eigenvalue weighted by Gasteiger charge is 1.94. The molecule has 102 valence electrons. The van der Waals surface area contributed by atoms with Crippen molar-refractivity contribution in [1.29, 1.82) is 0 Å². The van der Waals surface area contributed by atoms with E-state index in [9.17, 15) is 0 Å². The molecular weight excluding hydrogens is 246 g/mol. The summed E-state index contributed by atoms with van der Waals surface area (Å²) in [5.41, 5.74) is 1.30. The predicted molar refractivity (Wildman–Crippen MR) is 80.6 cm³/mol. The fraction of sp³-hybridized carbons (Fsp3) is 0.467. The van der Waals surface area contributed by atoms with E-state index in [1.54, 1.807) is 6.08 Å². The van der Waals surface area contributed by atoms with Gasteiger partial charge in [0.25, 0.3) is 0 Å². The van der Waals surface area contributed by atoms with Crippen LogP contribution in [0.1, 0.15) is 31.7 Å². The molecule has 1 aromatic rings. The van der Waals surface area contributed by atoms with Gasteiger partial charge in [-0.05, 0) is 30.7 Å². The molecule has 3 heteroatoms. The highest BCUT2D eigenvalue weighted by Crippen LogP contribution is 2.11. The maximum absolute atomic E-state index is 5.43. The van der Waals surface area contributed by atoms with Crippen LogP contribution >= 0.6 is 12.4 Å². The molecule has 1 aromatic carbocycles. The Morgan fingerprint density at radius 2 is 1.94 bits per heavy atom. The normalized spacial score (nSPS) is 9.61. The zero-order chi connectivity index (χ0) is 12.3. The maximum Gasteiger partial charge on any atom is 0.119 e. The van der Waals surface area contributed by atoms with Gasteiger partial charge in [0.15, 0.2) is 0 Å². The Balaban J connectivity index is 0.00000289. The van der Waals surface area contributed by atoms with Gasteiger partial charge in [-0.15, -0.1) is 12.4 Å². The van der Waals surface area contributed by atoms with Crippen molar-refractivity contribution in [2.45, 2.75) is 32.7 Å². The van der Waals surface area contributed by atoms with Crippen LogP contribution in [0.2, 0.25) is 0 Å². The molecule has 0 radical (unpaired) electrons. The van der Waals surface area contributed by atoms with Crippen LogP contribution < -0.4 is 10.1 Å². The second kappa shape index (κ2) is 11.1. The van der Waals surface area contributed by atoms with E-state index < -0.39 is 0 Å². The van der Waals surface area contributed by atoms with Crippen molar-refractivity contribution in [3.63, 3.8) is 0 Å². The molecule has 0 atom stereocenters. The molecule has 0 aromatic heterocycles. The fourth-order valence-corrected chi connectivity index (χ4v) is 1.59. The number of nitrogens with one attached hydrogen (secondary N) is 1. The lowest BCUT2D eigenvalue weighted by Crippen LogP contribution is -2.14. The predicted octanol–water partition coefficient (Wildman–Crippen LogP) is 3.95. The monoisotopic (exact) mass is 269 g/mol. The first-order valence-electron chi connectivity index (χ1n) is 6.40. The van der Waals surface area contributed by atoms with Gasteiger partial charge in [-0.3, -0.25) is 0 Å². The first kappa shape index (κ1) is 17.0. The van der Waals surface area contributed by atoms with Gasteiger partial charge in [-0.25, -0.2) is 0 Å². The van der Waals surface area contributed by atoms with Crippen LogP contribution in [0.15, 0.2) is 36.9 Å². The zero-order valence-corrected chi connectivity index (χ0v) is 12.0. The van der Waals surface area contributed by atoms with Crippen molar-refractivity contribution in [1.82, 2.24) is 5.32 Å². The van der Waals surface area contributed by atoms with Crippen molar-refractivity contribution in [3.05, 3.63) is 42.5 Å². The molecule has 1 rings (SSSR count). The van der Waals surface area contributed by atoms with E-state index >= 15 is 0 Å². The molecule has 0 spiro atoms. The van der Waals surface area contributed by atoms with Crippen molar-refractivity contribution < 1.29 is 4.74 Å². The summed E-state index contributed by atoms with van der Waals surface area (Å²) < 4.78 is 5.43. The van der Waals surface area contributed by atoms with Crippen LogP contribution in [-0.2, 0) is 6.54 Å². The summed E-state index contributed by atoms with van der Waals surface area (Å²) >= 11 is 0. The third-order valence-corrected chi connectivity index (χ3v) is 2.58. The summed E-state index contributed by atoms with van der Waals surface area (Å²) in [4.78, 5) is 0. The minimum atomic E-state index is 0. The minimum Gasteiger partial charge on any atom is -0.490 e.